The molecule has 2 heteroatoms. The van der Waals surface area contributed by atoms with Gasteiger partial charge in [-0.2, -0.15) is 0 Å². The van der Waals surface area contributed by atoms with Gasteiger partial charge in [0.2, 0.25) is 0 Å². The van der Waals surface area contributed by atoms with Crippen LogP contribution >= 0.6 is 0 Å². The second kappa shape index (κ2) is 18.7. The number of nitrogens with zero attached hydrogens (tertiary/aromatic N) is 2. The van der Waals surface area contributed by atoms with Gasteiger partial charge in [0.25, 0.3) is 0 Å². The van der Waals surface area contributed by atoms with Crippen molar-refractivity contribution in [3.63, 3.8) is 0 Å². The van der Waals surface area contributed by atoms with Crippen LogP contribution in [0.5, 0.6) is 0 Å². The number of hydrogen-bond acceptors (Lipinski definition) is 2. The van der Waals surface area contributed by atoms with Crippen molar-refractivity contribution in [1.29, 1.82) is 0 Å². The normalized spacial score (nSPS) is 13.3. The van der Waals surface area contributed by atoms with Gasteiger partial charge in [0, 0.05) is 45.0 Å². The topological polar surface area (TPSA) is 6.48 Å². The second-order valence-electron chi connectivity index (χ2n) is 22.0. The summed E-state index contributed by atoms with van der Waals surface area (Å²) in [5.41, 5.74) is 26.3. The molecular formula is C76H58N2. The molecule has 0 aliphatic heterocycles. The molecule has 12 aromatic carbocycles. The predicted octanol–water partition coefficient (Wildman–Crippen LogP) is 21.1. The summed E-state index contributed by atoms with van der Waals surface area (Å²) in [7, 11) is 0. The molecule has 0 atom stereocenters. The zero-order valence-corrected chi connectivity index (χ0v) is 44.5. The average Bonchev–Trinajstić information content (AvgIpc) is 3.25. The van der Waals surface area contributed by atoms with E-state index in [9.17, 15) is 0 Å². The first-order valence-electron chi connectivity index (χ1n) is 27.3. The molecule has 0 fully saturated rings. The number of anilines is 6. The van der Waals surface area contributed by atoms with E-state index in [0.29, 0.717) is 0 Å². The largest absolute Gasteiger partial charge is 0.310 e. The minimum Gasteiger partial charge on any atom is -0.310 e. The first-order valence-corrected chi connectivity index (χ1v) is 27.3. The van der Waals surface area contributed by atoms with Crippen LogP contribution in [0.3, 0.4) is 0 Å². The van der Waals surface area contributed by atoms with Crippen LogP contribution in [-0.2, 0) is 10.8 Å². The smallest absolute Gasteiger partial charge is 0.0465 e. The van der Waals surface area contributed by atoms with Crippen LogP contribution in [0.4, 0.5) is 34.1 Å². The molecule has 12 aromatic rings. The first kappa shape index (κ1) is 47.0. The van der Waals surface area contributed by atoms with Crippen molar-refractivity contribution in [2.45, 2.75) is 38.5 Å². The Hall–Kier alpha value is -9.50. The molecule has 0 aromatic heterocycles. The van der Waals surface area contributed by atoms with E-state index in [-0.39, 0.29) is 10.8 Å². The van der Waals surface area contributed by atoms with E-state index in [1.807, 2.05) is 0 Å². The van der Waals surface area contributed by atoms with Crippen molar-refractivity contribution >= 4 is 44.9 Å². The van der Waals surface area contributed by atoms with Crippen LogP contribution in [0.15, 0.2) is 279 Å². The Morgan fingerprint density at radius 3 is 0.821 bits per heavy atom. The maximum absolute atomic E-state index is 2.61. The van der Waals surface area contributed by atoms with Gasteiger partial charge >= 0.3 is 0 Å². The SMILES string of the molecule is CC1(C)c2cc(N(c3ccccc3)c3ccccc3)ccc2-c2c1cc1c(-c3ccccc3-c3ccccc3)c3c(cc1c2-c1ccccc1-c1ccccc1)C(C)(C)c1cc(N(c2ccccc2)c2ccccc2)ccc1-3. The lowest BCUT2D eigenvalue weighted by Crippen LogP contribution is -2.17. The summed E-state index contributed by atoms with van der Waals surface area (Å²) in [4.78, 5) is 4.79. The quantitative estimate of drug-likeness (QED) is 0.135. The van der Waals surface area contributed by atoms with Gasteiger partial charge in [0.1, 0.15) is 0 Å². The van der Waals surface area contributed by atoms with E-state index in [0.717, 1.165) is 34.1 Å². The summed E-state index contributed by atoms with van der Waals surface area (Å²) in [6.45, 7) is 9.80. The van der Waals surface area contributed by atoms with E-state index >= 15 is 0 Å². The van der Waals surface area contributed by atoms with Crippen molar-refractivity contribution in [1.82, 2.24) is 0 Å². The number of hydrogen-bond donors (Lipinski definition) is 0. The minimum atomic E-state index is -0.385. The minimum absolute atomic E-state index is 0.385. The molecule has 78 heavy (non-hydrogen) atoms. The molecular weight excluding hydrogens is 941 g/mol. The Bertz CT molecular complexity index is 3870. The van der Waals surface area contributed by atoms with E-state index in [2.05, 4.69) is 317 Å². The molecule has 0 N–H and O–H groups in total. The standard InChI is InChI=1S/C76H58N2/c1-75(2)67-47-57(77(53-31-15-7-16-32-53)54-33-17-8-18-34-54)43-45-63(67)73-69(75)49-65-66(71(73)61-41-25-23-39-59(61)51-27-11-5-12-28-51)50-70-74(72(65)62-42-26-24-40-60(62)52-29-13-6-14-30-52)64-46-44-58(48-68(64)76(70,3)4)78(55-35-19-9-20-36-55)56-37-21-10-22-38-56/h5-50H,1-4H3. The van der Waals surface area contributed by atoms with Crippen LogP contribution in [0.1, 0.15) is 49.9 Å². The summed E-state index contributed by atoms with van der Waals surface area (Å²) in [5.74, 6) is 0. The maximum Gasteiger partial charge on any atom is 0.0465 e. The summed E-state index contributed by atoms with van der Waals surface area (Å²) in [6, 6.07) is 103. The monoisotopic (exact) mass is 998 g/mol. The molecule has 0 spiro atoms. The Balaban J connectivity index is 1.09. The van der Waals surface area contributed by atoms with Crippen molar-refractivity contribution in [3.05, 3.63) is 301 Å². The fourth-order valence-corrected chi connectivity index (χ4v) is 13.1. The average molecular weight is 999 g/mol. The summed E-state index contributed by atoms with van der Waals surface area (Å²) in [6.07, 6.45) is 0. The molecule has 372 valence electrons. The fraction of sp³-hybridized carbons (Fsp3) is 0.0789. The third-order valence-corrected chi connectivity index (χ3v) is 16.8. The van der Waals surface area contributed by atoms with Gasteiger partial charge in [-0.25, -0.2) is 0 Å². The summed E-state index contributed by atoms with van der Waals surface area (Å²) >= 11 is 0. The van der Waals surface area contributed by atoms with Crippen LogP contribution in [0, 0.1) is 0 Å². The molecule has 0 saturated carbocycles. The molecule has 0 radical (unpaired) electrons. The zero-order chi connectivity index (χ0) is 52.5. The molecule has 2 nitrogen and oxygen atoms in total. The molecule has 14 rings (SSSR count). The Kier molecular flexibility index (Phi) is 11.2. The van der Waals surface area contributed by atoms with Gasteiger partial charge in [0.15, 0.2) is 0 Å². The molecule has 0 saturated heterocycles. The Morgan fingerprint density at radius 1 is 0.218 bits per heavy atom. The van der Waals surface area contributed by atoms with E-state index < -0.39 is 0 Å². The third-order valence-electron chi connectivity index (χ3n) is 16.8. The van der Waals surface area contributed by atoms with Crippen LogP contribution in [-0.4, -0.2) is 0 Å². The molecule has 2 aliphatic carbocycles. The highest BCUT2D eigenvalue weighted by molar-refractivity contribution is 6.19. The number of para-hydroxylation sites is 4. The number of fused-ring (bicyclic) bond motifs is 7. The molecule has 2 aliphatic rings. The molecule has 0 heterocycles. The lowest BCUT2D eigenvalue weighted by Gasteiger charge is -2.29. The van der Waals surface area contributed by atoms with Gasteiger partial charge in [-0.3, -0.25) is 0 Å². The predicted molar refractivity (Wildman–Crippen MR) is 330 cm³/mol. The fourth-order valence-electron chi connectivity index (χ4n) is 13.1. The summed E-state index contributed by atoms with van der Waals surface area (Å²) in [5, 5.41) is 2.51. The van der Waals surface area contributed by atoms with Crippen molar-refractivity contribution in [3.8, 4) is 66.8 Å². The highest BCUT2D eigenvalue weighted by atomic mass is 15.1. The Labute approximate surface area is 458 Å². The first-order chi connectivity index (χ1) is 38.3. The molecule has 0 unspecified atom stereocenters. The maximum atomic E-state index is 2.61. The second-order valence-corrected chi connectivity index (χ2v) is 22.0. The Morgan fingerprint density at radius 2 is 0.500 bits per heavy atom. The lowest BCUT2D eigenvalue weighted by atomic mass is 9.75. The molecule has 0 bridgehead atoms. The van der Waals surface area contributed by atoms with Gasteiger partial charge < -0.3 is 9.80 Å². The van der Waals surface area contributed by atoms with Crippen LogP contribution in [0.2, 0.25) is 0 Å². The lowest BCUT2D eigenvalue weighted by molar-refractivity contribution is 0.660. The van der Waals surface area contributed by atoms with Gasteiger partial charge in [-0.1, -0.05) is 222 Å². The highest BCUT2D eigenvalue weighted by Crippen LogP contribution is 2.62. The van der Waals surface area contributed by atoms with Gasteiger partial charge in [-0.05, 0) is 185 Å². The molecule has 0 amide bonds. The number of rotatable bonds is 10. The van der Waals surface area contributed by atoms with Crippen molar-refractivity contribution < 1.29 is 0 Å². The van der Waals surface area contributed by atoms with E-state index in [1.165, 1.54) is 99.8 Å². The van der Waals surface area contributed by atoms with E-state index in [4.69, 9.17) is 0 Å². The van der Waals surface area contributed by atoms with Gasteiger partial charge in [0.05, 0.1) is 0 Å². The summed E-state index contributed by atoms with van der Waals surface area (Å²) < 4.78 is 0. The van der Waals surface area contributed by atoms with Crippen molar-refractivity contribution in [2.75, 3.05) is 9.80 Å². The van der Waals surface area contributed by atoms with E-state index in [1.54, 1.807) is 0 Å². The van der Waals surface area contributed by atoms with Crippen molar-refractivity contribution in [2.24, 2.45) is 0 Å². The van der Waals surface area contributed by atoms with Gasteiger partial charge in [-0.15, -0.1) is 0 Å². The number of benzene rings is 12. The van der Waals surface area contributed by atoms with Crippen LogP contribution < -0.4 is 9.80 Å². The third kappa shape index (κ3) is 7.54. The highest BCUT2D eigenvalue weighted by Gasteiger charge is 2.43. The zero-order valence-electron chi connectivity index (χ0n) is 44.5. The van der Waals surface area contributed by atoms with Crippen LogP contribution in [0.25, 0.3) is 77.5 Å².